The van der Waals surface area contributed by atoms with Crippen molar-refractivity contribution in [3.63, 3.8) is 0 Å². The summed E-state index contributed by atoms with van der Waals surface area (Å²) >= 11 is 0. The minimum absolute atomic E-state index is 0.0969. The quantitative estimate of drug-likeness (QED) is 0.549. The van der Waals surface area contributed by atoms with Crippen LogP contribution >= 0.6 is 0 Å². The molecule has 0 aliphatic carbocycles. The van der Waals surface area contributed by atoms with E-state index in [0.717, 1.165) is 18.5 Å². The molecular formula is C15H26N2O2. The molecule has 1 heterocycles. The number of hydrogen-bond acceptors (Lipinski definition) is 4. The van der Waals surface area contributed by atoms with Gasteiger partial charge in [0.25, 0.3) is 0 Å². The fourth-order valence-corrected chi connectivity index (χ4v) is 1.92. The second-order valence-corrected chi connectivity index (χ2v) is 5.20. The molecule has 0 radical (unpaired) electrons. The van der Waals surface area contributed by atoms with E-state index in [0.29, 0.717) is 5.57 Å². The number of allylic oxidation sites excluding steroid dienone is 2. The third-order valence-electron chi connectivity index (χ3n) is 2.88. The Morgan fingerprint density at radius 3 is 2.84 bits per heavy atom. The molecule has 0 fully saturated rings. The van der Waals surface area contributed by atoms with Crippen molar-refractivity contribution < 1.29 is 9.53 Å². The fourth-order valence-electron chi connectivity index (χ4n) is 1.92. The lowest BCUT2D eigenvalue weighted by atomic mass is 10.1. The van der Waals surface area contributed by atoms with Crippen LogP contribution in [0.3, 0.4) is 0 Å². The smallest absolute Gasteiger partial charge is 0.337 e. The monoisotopic (exact) mass is 266 g/mol. The molecule has 108 valence electrons. The Bertz CT molecular complexity index is 359. The maximum Gasteiger partial charge on any atom is 0.337 e. The van der Waals surface area contributed by atoms with Crippen molar-refractivity contribution in [2.24, 2.45) is 0 Å². The number of dihydropyridines is 1. The van der Waals surface area contributed by atoms with Gasteiger partial charge < -0.3 is 10.1 Å². The molecule has 0 amide bonds. The van der Waals surface area contributed by atoms with Gasteiger partial charge in [-0.05, 0) is 45.4 Å². The largest absolute Gasteiger partial charge is 0.460 e. The summed E-state index contributed by atoms with van der Waals surface area (Å²) in [7, 11) is 0. The molecule has 4 nitrogen and oxygen atoms in total. The molecule has 0 aromatic rings. The molecule has 2 N–H and O–H groups in total. The lowest BCUT2D eigenvalue weighted by molar-refractivity contribution is -0.143. The minimum atomic E-state index is -0.247. The number of esters is 1. The molecule has 1 atom stereocenters. The van der Waals surface area contributed by atoms with Gasteiger partial charge in [-0.3, -0.25) is 5.32 Å². The normalized spacial score (nSPS) is 18.7. The third-order valence-corrected chi connectivity index (χ3v) is 2.88. The van der Waals surface area contributed by atoms with Gasteiger partial charge in [0, 0.05) is 6.20 Å². The van der Waals surface area contributed by atoms with Gasteiger partial charge in [-0.2, -0.15) is 0 Å². The third kappa shape index (κ3) is 5.47. The van der Waals surface area contributed by atoms with E-state index in [1.807, 2.05) is 33.0 Å². The van der Waals surface area contributed by atoms with Crippen LogP contribution in [0.5, 0.6) is 0 Å². The summed E-state index contributed by atoms with van der Waals surface area (Å²) in [5.41, 5.74) is 1.69. The first-order valence-corrected chi connectivity index (χ1v) is 7.13. The zero-order valence-electron chi connectivity index (χ0n) is 12.5. The molecule has 0 saturated heterocycles. The molecule has 0 aromatic carbocycles. The number of rotatable bonds is 7. The van der Waals surface area contributed by atoms with E-state index in [9.17, 15) is 4.79 Å². The second-order valence-electron chi connectivity index (χ2n) is 5.20. The molecule has 1 aliphatic rings. The van der Waals surface area contributed by atoms with E-state index >= 15 is 0 Å². The maximum atomic E-state index is 12.1. The van der Waals surface area contributed by atoms with Crippen LogP contribution < -0.4 is 10.6 Å². The second kappa shape index (κ2) is 8.00. The average molecular weight is 266 g/mol. The molecule has 19 heavy (non-hydrogen) atoms. The average Bonchev–Trinajstić information content (AvgIpc) is 2.35. The molecule has 0 bridgehead atoms. The van der Waals surface area contributed by atoms with Gasteiger partial charge in [-0.15, -0.1) is 0 Å². The number of carbonyl (C=O) groups excluding carboxylic acids is 1. The molecule has 0 aromatic heterocycles. The van der Waals surface area contributed by atoms with Crippen molar-refractivity contribution in [2.45, 2.75) is 59.2 Å². The molecule has 1 aliphatic heterocycles. The summed E-state index contributed by atoms with van der Waals surface area (Å²) in [6.07, 6.45) is 7.07. The van der Waals surface area contributed by atoms with Crippen LogP contribution in [0.25, 0.3) is 0 Å². The summed E-state index contributed by atoms with van der Waals surface area (Å²) in [5, 5.41) is 6.56. The highest BCUT2D eigenvalue weighted by Crippen LogP contribution is 2.13. The van der Waals surface area contributed by atoms with Gasteiger partial charge in [0.1, 0.15) is 6.17 Å². The van der Waals surface area contributed by atoms with Gasteiger partial charge in [-0.25, -0.2) is 4.79 Å². The van der Waals surface area contributed by atoms with Crippen LogP contribution in [-0.4, -0.2) is 24.8 Å². The Kier molecular flexibility index (Phi) is 6.64. The Morgan fingerprint density at radius 2 is 2.21 bits per heavy atom. The zero-order chi connectivity index (χ0) is 14.3. The highest BCUT2D eigenvalue weighted by molar-refractivity contribution is 5.90. The summed E-state index contributed by atoms with van der Waals surface area (Å²) in [6, 6.07) is 0. The first kappa shape index (κ1) is 15.8. The van der Waals surface area contributed by atoms with Crippen LogP contribution in [0.1, 0.15) is 47.0 Å². The number of hydrogen-bond donors (Lipinski definition) is 2. The van der Waals surface area contributed by atoms with Gasteiger partial charge in [-0.1, -0.05) is 19.8 Å². The summed E-state index contributed by atoms with van der Waals surface area (Å²) in [6.45, 7) is 8.76. The maximum absolute atomic E-state index is 12.1. The van der Waals surface area contributed by atoms with Crippen molar-refractivity contribution in [1.82, 2.24) is 10.6 Å². The number of nitrogens with one attached hydrogen (secondary N) is 2. The first-order valence-electron chi connectivity index (χ1n) is 7.13. The molecule has 4 heteroatoms. The van der Waals surface area contributed by atoms with E-state index < -0.39 is 0 Å². The predicted molar refractivity (Wildman–Crippen MR) is 77.5 cm³/mol. The van der Waals surface area contributed by atoms with Crippen molar-refractivity contribution in [3.8, 4) is 0 Å². The standard InChI is InChI=1S/C15H26N2O2/c1-5-6-7-8-16-14-13(9-12(4)10-17-14)15(18)19-11(2)3/h9-11,14,16-17H,5-8H2,1-4H3. The summed E-state index contributed by atoms with van der Waals surface area (Å²) < 4.78 is 5.28. The van der Waals surface area contributed by atoms with E-state index in [1.165, 1.54) is 12.8 Å². The number of unbranched alkanes of at least 4 members (excludes halogenated alkanes) is 2. The van der Waals surface area contributed by atoms with Crippen LogP contribution in [0.15, 0.2) is 23.4 Å². The predicted octanol–water partition coefficient (Wildman–Crippen LogP) is 2.48. The van der Waals surface area contributed by atoms with Crippen LogP contribution in [0.4, 0.5) is 0 Å². The Hall–Kier alpha value is -1.29. The lowest BCUT2D eigenvalue weighted by Crippen LogP contribution is -2.45. The van der Waals surface area contributed by atoms with E-state index in [2.05, 4.69) is 17.6 Å². The van der Waals surface area contributed by atoms with E-state index in [1.54, 1.807) is 0 Å². The van der Waals surface area contributed by atoms with Crippen molar-refractivity contribution in [3.05, 3.63) is 23.4 Å². The highest BCUT2D eigenvalue weighted by atomic mass is 16.5. The topological polar surface area (TPSA) is 50.4 Å². The highest BCUT2D eigenvalue weighted by Gasteiger charge is 2.24. The molecule has 0 saturated carbocycles. The Labute approximate surface area is 116 Å². The first-order chi connectivity index (χ1) is 9.04. The molecular weight excluding hydrogens is 240 g/mol. The Balaban J connectivity index is 2.59. The van der Waals surface area contributed by atoms with Crippen LogP contribution in [0, 0.1) is 0 Å². The van der Waals surface area contributed by atoms with Gasteiger partial charge in [0.05, 0.1) is 11.7 Å². The minimum Gasteiger partial charge on any atom is -0.460 e. The molecule has 1 unspecified atom stereocenters. The summed E-state index contributed by atoms with van der Waals surface area (Å²) in [4.78, 5) is 12.1. The zero-order valence-corrected chi connectivity index (χ0v) is 12.5. The van der Waals surface area contributed by atoms with E-state index in [-0.39, 0.29) is 18.2 Å². The molecule has 0 spiro atoms. The fraction of sp³-hybridized carbons (Fsp3) is 0.667. The van der Waals surface area contributed by atoms with Gasteiger partial charge >= 0.3 is 5.97 Å². The van der Waals surface area contributed by atoms with E-state index in [4.69, 9.17) is 4.74 Å². The number of ether oxygens (including phenoxy) is 1. The van der Waals surface area contributed by atoms with Crippen molar-refractivity contribution >= 4 is 5.97 Å². The number of carbonyl (C=O) groups is 1. The lowest BCUT2D eigenvalue weighted by Gasteiger charge is -2.25. The molecule has 1 rings (SSSR count). The van der Waals surface area contributed by atoms with Crippen molar-refractivity contribution in [1.29, 1.82) is 0 Å². The summed E-state index contributed by atoms with van der Waals surface area (Å²) in [5.74, 6) is -0.247. The Morgan fingerprint density at radius 1 is 1.47 bits per heavy atom. The van der Waals surface area contributed by atoms with Crippen molar-refractivity contribution in [2.75, 3.05) is 6.54 Å². The van der Waals surface area contributed by atoms with Crippen LogP contribution in [-0.2, 0) is 9.53 Å². The van der Waals surface area contributed by atoms with Crippen LogP contribution in [0.2, 0.25) is 0 Å². The SMILES string of the molecule is CCCCCNC1NC=C(C)C=C1C(=O)OC(C)C. The van der Waals surface area contributed by atoms with Gasteiger partial charge in [0.2, 0.25) is 0 Å². The van der Waals surface area contributed by atoms with Gasteiger partial charge in [0.15, 0.2) is 0 Å².